The Morgan fingerprint density at radius 2 is 2.12 bits per heavy atom. The summed E-state index contributed by atoms with van der Waals surface area (Å²) < 4.78 is 1.81. The van der Waals surface area contributed by atoms with Gasteiger partial charge in [0, 0.05) is 18.3 Å². The first-order valence-corrected chi connectivity index (χ1v) is 5.03. The van der Waals surface area contributed by atoms with Gasteiger partial charge in [-0.3, -0.25) is 4.68 Å². The Hall–Kier alpha value is -2.21. The molecular weight excluding hydrogens is 198 g/mol. The number of nitrogens with two attached hydrogens (primary N) is 1. The van der Waals surface area contributed by atoms with Gasteiger partial charge in [-0.15, -0.1) is 0 Å². The van der Waals surface area contributed by atoms with Gasteiger partial charge >= 0.3 is 0 Å². The number of aromatic nitrogens is 2. The molecule has 3 nitrogen and oxygen atoms in total. The highest BCUT2D eigenvalue weighted by atomic mass is 15.3. The molecule has 0 atom stereocenters. The minimum Gasteiger partial charge on any atom is -0.399 e. The molecule has 0 unspecified atom stereocenters. The van der Waals surface area contributed by atoms with E-state index in [-0.39, 0.29) is 0 Å². The standard InChI is InChI=1S/C13H13N3/c1-10-12(9-15-16(10)2)7-6-11-4-3-5-13(14)8-11/h3-5,8-9H,14H2,1-2H3. The van der Waals surface area contributed by atoms with Gasteiger partial charge in [0.2, 0.25) is 0 Å². The van der Waals surface area contributed by atoms with Gasteiger partial charge in [0.15, 0.2) is 0 Å². The molecule has 0 amide bonds. The molecule has 80 valence electrons. The predicted octanol–water partition coefficient (Wildman–Crippen LogP) is 1.71. The van der Waals surface area contributed by atoms with Crippen molar-refractivity contribution in [3.05, 3.63) is 47.3 Å². The van der Waals surface area contributed by atoms with Gasteiger partial charge in [0.05, 0.1) is 17.5 Å². The topological polar surface area (TPSA) is 43.8 Å². The van der Waals surface area contributed by atoms with Crippen molar-refractivity contribution in [3.63, 3.8) is 0 Å². The molecule has 0 radical (unpaired) electrons. The van der Waals surface area contributed by atoms with Gasteiger partial charge in [-0.2, -0.15) is 5.10 Å². The van der Waals surface area contributed by atoms with Crippen LogP contribution in [0.2, 0.25) is 0 Å². The number of aryl methyl sites for hydroxylation is 1. The van der Waals surface area contributed by atoms with Crippen LogP contribution in [0.15, 0.2) is 30.5 Å². The van der Waals surface area contributed by atoms with Gasteiger partial charge in [-0.05, 0) is 25.1 Å². The van der Waals surface area contributed by atoms with Crippen LogP contribution in [0.5, 0.6) is 0 Å². The number of hydrogen-bond acceptors (Lipinski definition) is 2. The lowest BCUT2D eigenvalue weighted by atomic mass is 10.2. The Morgan fingerprint density at radius 1 is 1.31 bits per heavy atom. The van der Waals surface area contributed by atoms with E-state index in [4.69, 9.17) is 5.73 Å². The van der Waals surface area contributed by atoms with Crippen molar-refractivity contribution in [1.29, 1.82) is 0 Å². The smallest absolute Gasteiger partial charge is 0.0658 e. The van der Waals surface area contributed by atoms with E-state index in [0.29, 0.717) is 0 Å². The van der Waals surface area contributed by atoms with Gasteiger partial charge in [-0.1, -0.05) is 17.9 Å². The molecule has 0 aliphatic heterocycles. The number of nitrogen functional groups attached to an aromatic ring is 1. The summed E-state index contributed by atoms with van der Waals surface area (Å²) in [5.41, 5.74) is 9.34. The van der Waals surface area contributed by atoms with E-state index in [0.717, 1.165) is 22.5 Å². The van der Waals surface area contributed by atoms with Crippen LogP contribution >= 0.6 is 0 Å². The van der Waals surface area contributed by atoms with Crippen molar-refractivity contribution >= 4 is 5.69 Å². The lowest BCUT2D eigenvalue weighted by Crippen LogP contribution is -1.92. The Balaban J connectivity index is 2.32. The van der Waals surface area contributed by atoms with E-state index in [9.17, 15) is 0 Å². The summed E-state index contributed by atoms with van der Waals surface area (Å²) in [4.78, 5) is 0. The Kier molecular flexibility index (Phi) is 2.65. The van der Waals surface area contributed by atoms with Gasteiger partial charge < -0.3 is 5.73 Å². The summed E-state index contributed by atoms with van der Waals surface area (Å²) in [6.45, 7) is 2.00. The molecule has 1 aromatic carbocycles. The second-order valence-corrected chi connectivity index (χ2v) is 3.64. The van der Waals surface area contributed by atoms with Crippen LogP contribution < -0.4 is 5.73 Å². The molecule has 0 aliphatic carbocycles. The number of rotatable bonds is 0. The maximum absolute atomic E-state index is 5.68. The van der Waals surface area contributed by atoms with Crippen LogP contribution in [0.25, 0.3) is 0 Å². The quantitative estimate of drug-likeness (QED) is 0.532. The lowest BCUT2D eigenvalue weighted by Gasteiger charge is -1.93. The van der Waals surface area contributed by atoms with Crippen LogP contribution in [-0.2, 0) is 7.05 Å². The third-order valence-corrected chi connectivity index (χ3v) is 2.46. The Bertz CT molecular complexity index is 570. The minimum atomic E-state index is 0.731. The predicted molar refractivity (Wildman–Crippen MR) is 64.8 cm³/mol. The van der Waals surface area contributed by atoms with Gasteiger partial charge in [0.25, 0.3) is 0 Å². The molecule has 1 heterocycles. The van der Waals surface area contributed by atoms with E-state index >= 15 is 0 Å². The highest BCUT2D eigenvalue weighted by Gasteiger charge is 1.98. The second kappa shape index (κ2) is 4.11. The zero-order valence-electron chi connectivity index (χ0n) is 9.36. The second-order valence-electron chi connectivity index (χ2n) is 3.64. The van der Waals surface area contributed by atoms with Crippen molar-refractivity contribution < 1.29 is 0 Å². The number of benzene rings is 1. The van der Waals surface area contributed by atoms with Gasteiger partial charge in [-0.25, -0.2) is 0 Å². The van der Waals surface area contributed by atoms with Crippen LogP contribution in [0, 0.1) is 18.8 Å². The fourth-order valence-corrected chi connectivity index (χ4v) is 1.38. The number of nitrogens with zero attached hydrogens (tertiary/aromatic N) is 2. The summed E-state index contributed by atoms with van der Waals surface area (Å²) in [6.07, 6.45) is 1.77. The fourth-order valence-electron chi connectivity index (χ4n) is 1.38. The number of anilines is 1. The van der Waals surface area contributed by atoms with E-state index < -0.39 is 0 Å². The first-order chi connectivity index (χ1) is 7.66. The van der Waals surface area contributed by atoms with E-state index in [1.165, 1.54) is 0 Å². The minimum absolute atomic E-state index is 0.731. The molecule has 0 fully saturated rings. The van der Waals surface area contributed by atoms with Crippen LogP contribution in [0.1, 0.15) is 16.8 Å². The van der Waals surface area contributed by atoms with Crippen molar-refractivity contribution in [2.24, 2.45) is 7.05 Å². The first kappa shape index (κ1) is 10.3. The van der Waals surface area contributed by atoms with Crippen molar-refractivity contribution in [1.82, 2.24) is 9.78 Å². The molecule has 2 N–H and O–H groups in total. The monoisotopic (exact) mass is 211 g/mol. The molecule has 2 rings (SSSR count). The Labute approximate surface area is 94.9 Å². The highest BCUT2D eigenvalue weighted by molar-refractivity contribution is 5.49. The van der Waals surface area contributed by atoms with Crippen LogP contribution in [0.3, 0.4) is 0 Å². The zero-order valence-corrected chi connectivity index (χ0v) is 9.36. The molecule has 16 heavy (non-hydrogen) atoms. The summed E-state index contributed by atoms with van der Waals surface area (Å²) in [7, 11) is 1.90. The number of hydrogen-bond donors (Lipinski definition) is 1. The molecule has 3 heteroatoms. The maximum atomic E-state index is 5.68. The largest absolute Gasteiger partial charge is 0.399 e. The molecule has 1 aromatic heterocycles. The summed E-state index contributed by atoms with van der Waals surface area (Å²) >= 11 is 0. The van der Waals surface area contributed by atoms with Crippen LogP contribution in [-0.4, -0.2) is 9.78 Å². The molecule has 0 bridgehead atoms. The van der Waals surface area contributed by atoms with Crippen LogP contribution in [0.4, 0.5) is 5.69 Å². The average Bonchev–Trinajstić information content (AvgIpc) is 2.57. The molecule has 0 spiro atoms. The van der Waals surface area contributed by atoms with E-state index in [2.05, 4.69) is 16.9 Å². The normalized spacial score (nSPS) is 9.62. The highest BCUT2D eigenvalue weighted by Crippen LogP contribution is 2.07. The summed E-state index contributed by atoms with van der Waals surface area (Å²) in [5.74, 6) is 6.16. The van der Waals surface area contributed by atoms with Crippen molar-refractivity contribution in [2.45, 2.75) is 6.92 Å². The fraction of sp³-hybridized carbons (Fsp3) is 0.154. The molecular formula is C13H13N3. The van der Waals surface area contributed by atoms with E-state index in [1.807, 2.05) is 42.9 Å². The molecule has 2 aromatic rings. The summed E-state index contributed by atoms with van der Waals surface area (Å²) in [6, 6.07) is 7.55. The third-order valence-electron chi connectivity index (χ3n) is 2.46. The Morgan fingerprint density at radius 3 is 2.75 bits per heavy atom. The average molecular weight is 211 g/mol. The van der Waals surface area contributed by atoms with E-state index in [1.54, 1.807) is 6.20 Å². The molecule has 0 saturated carbocycles. The zero-order chi connectivity index (χ0) is 11.5. The maximum Gasteiger partial charge on any atom is 0.0658 e. The molecule has 0 aliphatic rings. The van der Waals surface area contributed by atoms with Crippen molar-refractivity contribution in [3.8, 4) is 11.8 Å². The third kappa shape index (κ3) is 2.06. The van der Waals surface area contributed by atoms with Gasteiger partial charge in [0.1, 0.15) is 0 Å². The summed E-state index contributed by atoms with van der Waals surface area (Å²) in [5, 5.41) is 4.14. The lowest BCUT2D eigenvalue weighted by molar-refractivity contribution is 0.740. The molecule has 0 saturated heterocycles. The van der Waals surface area contributed by atoms with Crippen molar-refractivity contribution in [2.75, 3.05) is 5.73 Å². The SMILES string of the molecule is Cc1c(C#Cc2cccc(N)c2)cnn1C. The first-order valence-electron chi connectivity index (χ1n) is 5.03.